The molecule has 1 saturated heterocycles. The van der Waals surface area contributed by atoms with Crippen LogP contribution in [0.3, 0.4) is 0 Å². The number of thioether (sulfide) groups is 1. The van der Waals surface area contributed by atoms with Gasteiger partial charge in [-0.3, -0.25) is 14.2 Å². The quantitative estimate of drug-likeness (QED) is 0.489. The minimum atomic E-state index is -0.134. The number of hydrogen-bond acceptors (Lipinski definition) is 5. The minimum absolute atomic E-state index is 0.0222. The number of carbonyl (C=O) groups excluding carboxylic acids is 1. The number of benzene rings is 2. The van der Waals surface area contributed by atoms with Gasteiger partial charge in [0.1, 0.15) is 0 Å². The van der Waals surface area contributed by atoms with Crippen LogP contribution in [0.25, 0.3) is 16.6 Å². The smallest absolute Gasteiger partial charge is 0.266 e. The lowest BCUT2D eigenvalue weighted by atomic mass is 10.2. The van der Waals surface area contributed by atoms with E-state index in [1.165, 1.54) is 11.8 Å². The molecule has 0 N–H and O–H groups in total. The Hall–Kier alpha value is -2.64. The summed E-state index contributed by atoms with van der Waals surface area (Å²) in [5, 5.41) is 1.07. The Labute approximate surface area is 173 Å². The van der Waals surface area contributed by atoms with Gasteiger partial charge in [0.25, 0.3) is 5.56 Å². The second-order valence-electron chi connectivity index (χ2n) is 7.23. The molecule has 1 aliphatic heterocycles. The lowest BCUT2D eigenvalue weighted by Gasteiger charge is -2.35. The summed E-state index contributed by atoms with van der Waals surface area (Å²) >= 11 is 1.29. The van der Waals surface area contributed by atoms with E-state index in [4.69, 9.17) is 4.74 Å². The average Bonchev–Trinajstić information content (AvgIpc) is 2.72. The van der Waals surface area contributed by atoms with E-state index in [-0.39, 0.29) is 29.4 Å². The normalized spacial score (nSPS) is 19.4. The second kappa shape index (κ2) is 8.39. The summed E-state index contributed by atoms with van der Waals surface area (Å²) in [4.78, 5) is 32.5. The van der Waals surface area contributed by atoms with Gasteiger partial charge in [0.05, 0.1) is 34.6 Å². The van der Waals surface area contributed by atoms with Crippen molar-refractivity contribution in [1.29, 1.82) is 0 Å². The van der Waals surface area contributed by atoms with Gasteiger partial charge in [0, 0.05) is 13.1 Å². The zero-order valence-corrected chi connectivity index (χ0v) is 17.3. The van der Waals surface area contributed by atoms with Gasteiger partial charge in [-0.1, -0.05) is 42.1 Å². The molecule has 1 fully saturated rings. The number of ether oxygens (including phenoxy) is 1. The van der Waals surface area contributed by atoms with Crippen molar-refractivity contribution < 1.29 is 9.53 Å². The molecule has 1 amide bonds. The monoisotopic (exact) mass is 409 g/mol. The van der Waals surface area contributed by atoms with E-state index in [0.717, 1.165) is 5.69 Å². The summed E-state index contributed by atoms with van der Waals surface area (Å²) in [6.45, 7) is 5.11. The van der Waals surface area contributed by atoms with Crippen molar-refractivity contribution >= 4 is 28.6 Å². The fourth-order valence-electron chi connectivity index (χ4n) is 3.61. The first-order chi connectivity index (χ1) is 14.0. The van der Waals surface area contributed by atoms with Crippen molar-refractivity contribution in [3.8, 4) is 5.69 Å². The second-order valence-corrected chi connectivity index (χ2v) is 8.17. The molecule has 150 valence electrons. The van der Waals surface area contributed by atoms with Crippen LogP contribution in [0, 0.1) is 0 Å². The van der Waals surface area contributed by atoms with Gasteiger partial charge in [0.15, 0.2) is 5.16 Å². The third kappa shape index (κ3) is 4.21. The van der Waals surface area contributed by atoms with Crippen LogP contribution in [0.5, 0.6) is 0 Å². The van der Waals surface area contributed by atoms with Crippen molar-refractivity contribution in [2.45, 2.75) is 31.2 Å². The summed E-state index contributed by atoms with van der Waals surface area (Å²) < 4.78 is 7.30. The molecule has 2 atom stereocenters. The van der Waals surface area contributed by atoms with Crippen LogP contribution >= 0.6 is 11.8 Å². The average molecular weight is 410 g/mol. The Morgan fingerprint density at radius 3 is 2.45 bits per heavy atom. The number of carbonyl (C=O) groups is 1. The van der Waals surface area contributed by atoms with Crippen LogP contribution in [-0.4, -0.2) is 51.4 Å². The Morgan fingerprint density at radius 2 is 1.72 bits per heavy atom. The van der Waals surface area contributed by atoms with Crippen LogP contribution in [0.2, 0.25) is 0 Å². The van der Waals surface area contributed by atoms with Crippen LogP contribution in [0.15, 0.2) is 64.5 Å². The van der Waals surface area contributed by atoms with Gasteiger partial charge in [-0.25, -0.2) is 4.98 Å². The van der Waals surface area contributed by atoms with Gasteiger partial charge in [-0.05, 0) is 38.1 Å². The molecular weight excluding hydrogens is 386 g/mol. The maximum absolute atomic E-state index is 13.2. The summed E-state index contributed by atoms with van der Waals surface area (Å²) in [5.41, 5.74) is 1.23. The Morgan fingerprint density at radius 1 is 1.07 bits per heavy atom. The van der Waals surface area contributed by atoms with Crippen LogP contribution < -0.4 is 5.56 Å². The van der Waals surface area contributed by atoms with E-state index in [1.807, 2.05) is 67.3 Å². The van der Waals surface area contributed by atoms with E-state index >= 15 is 0 Å². The van der Waals surface area contributed by atoms with Crippen LogP contribution in [0.1, 0.15) is 13.8 Å². The molecule has 0 spiro atoms. The summed E-state index contributed by atoms with van der Waals surface area (Å²) in [5.74, 6) is 0.246. The number of fused-ring (bicyclic) bond motifs is 1. The number of aromatic nitrogens is 2. The molecule has 0 aliphatic carbocycles. The molecule has 6 nitrogen and oxygen atoms in total. The third-order valence-corrected chi connectivity index (χ3v) is 5.78. The molecule has 2 unspecified atom stereocenters. The molecule has 0 saturated carbocycles. The van der Waals surface area contributed by atoms with Crippen molar-refractivity contribution in [1.82, 2.24) is 14.5 Å². The highest BCUT2D eigenvalue weighted by Gasteiger charge is 2.26. The number of morpholine rings is 1. The largest absolute Gasteiger partial charge is 0.372 e. The lowest BCUT2D eigenvalue weighted by Crippen LogP contribution is -2.48. The highest BCUT2D eigenvalue weighted by Crippen LogP contribution is 2.22. The first-order valence-electron chi connectivity index (χ1n) is 9.66. The molecule has 4 rings (SSSR count). The lowest BCUT2D eigenvalue weighted by molar-refractivity contribution is -0.140. The number of amides is 1. The predicted molar refractivity (Wildman–Crippen MR) is 115 cm³/mol. The Balaban J connectivity index is 1.66. The molecule has 1 aliphatic rings. The van der Waals surface area contributed by atoms with Crippen molar-refractivity contribution in [2.24, 2.45) is 0 Å². The van der Waals surface area contributed by atoms with Gasteiger partial charge >= 0.3 is 0 Å². The van der Waals surface area contributed by atoms with E-state index < -0.39 is 0 Å². The Kier molecular flexibility index (Phi) is 5.69. The molecule has 29 heavy (non-hydrogen) atoms. The highest BCUT2D eigenvalue weighted by molar-refractivity contribution is 7.99. The fraction of sp³-hybridized carbons (Fsp3) is 0.318. The third-order valence-electron chi connectivity index (χ3n) is 4.86. The SMILES string of the molecule is CC1CN(C(=O)CSc2nc3ccccc3c(=O)n2-c2ccccc2)CC(C)O1. The maximum Gasteiger partial charge on any atom is 0.266 e. The number of rotatable bonds is 4. The van der Waals surface area contributed by atoms with E-state index in [2.05, 4.69) is 4.98 Å². The number of hydrogen-bond donors (Lipinski definition) is 0. The molecular formula is C22H23N3O3S. The van der Waals surface area contributed by atoms with E-state index in [0.29, 0.717) is 29.1 Å². The van der Waals surface area contributed by atoms with Crippen LogP contribution in [0.4, 0.5) is 0 Å². The summed E-state index contributed by atoms with van der Waals surface area (Å²) in [6, 6.07) is 16.7. The number of para-hydroxylation sites is 2. The van der Waals surface area contributed by atoms with Gasteiger partial charge < -0.3 is 9.64 Å². The molecule has 3 aromatic rings. The fourth-order valence-corrected chi connectivity index (χ4v) is 4.53. The van der Waals surface area contributed by atoms with E-state index in [9.17, 15) is 9.59 Å². The van der Waals surface area contributed by atoms with Crippen LogP contribution in [-0.2, 0) is 9.53 Å². The van der Waals surface area contributed by atoms with Gasteiger partial charge in [-0.2, -0.15) is 0 Å². The molecule has 0 bridgehead atoms. The van der Waals surface area contributed by atoms with Crippen molar-refractivity contribution in [2.75, 3.05) is 18.8 Å². The first-order valence-corrected chi connectivity index (χ1v) is 10.6. The van der Waals surface area contributed by atoms with Crippen molar-refractivity contribution in [3.63, 3.8) is 0 Å². The molecule has 0 radical (unpaired) electrons. The van der Waals surface area contributed by atoms with Gasteiger partial charge in [-0.15, -0.1) is 0 Å². The zero-order valence-electron chi connectivity index (χ0n) is 16.4. The maximum atomic E-state index is 13.2. The van der Waals surface area contributed by atoms with E-state index in [1.54, 1.807) is 10.6 Å². The molecule has 2 heterocycles. The molecule has 7 heteroatoms. The molecule has 2 aromatic carbocycles. The zero-order chi connectivity index (χ0) is 20.4. The van der Waals surface area contributed by atoms with Crippen molar-refractivity contribution in [3.05, 3.63) is 65.0 Å². The topological polar surface area (TPSA) is 64.4 Å². The standard InChI is InChI=1S/C22H23N3O3S/c1-15-12-24(13-16(2)28-15)20(26)14-29-22-23-19-11-7-6-10-18(19)21(27)25(22)17-8-4-3-5-9-17/h3-11,15-16H,12-14H2,1-2H3. The summed E-state index contributed by atoms with van der Waals surface area (Å²) in [7, 11) is 0. The molecule has 1 aromatic heterocycles. The first kappa shape index (κ1) is 19.7. The summed E-state index contributed by atoms with van der Waals surface area (Å²) in [6.07, 6.45) is 0.0444. The highest BCUT2D eigenvalue weighted by atomic mass is 32.2. The Bertz CT molecular complexity index is 1070. The van der Waals surface area contributed by atoms with Gasteiger partial charge in [0.2, 0.25) is 5.91 Å². The minimum Gasteiger partial charge on any atom is -0.372 e. The predicted octanol–water partition coefficient (Wildman–Crippen LogP) is 3.11. The number of nitrogens with zero attached hydrogens (tertiary/aromatic N) is 3.